The minimum atomic E-state index is 0.299. The van der Waals surface area contributed by atoms with Crippen molar-refractivity contribution in [3.8, 4) is 208 Å². The first kappa shape index (κ1) is 77.2. The average molecular weight is 1610 g/mol. The normalized spacial score (nSPS) is 10.5. The van der Waals surface area contributed by atoms with E-state index >= 15 is 0 Å². The molecule has 0 amide bonds. The topological polar surface area (TPSA) is 232 Å². The van der Waals surface area contributed by atoms with Gasteiger partial charge in [0.1, 0.15) is 0 Å². The number of rotatable bonds is 12. The average Bonchev–Trinajstić information content (AvgIpc) is 0.754. The van der Waals surface area contributed by atoms with Gasteiger partial charge in [-0.05, 0) is 218 Å². The van der Waals surface area contributed by atoms with Gasteiger partial charge in [-0.2, -0.15) is 0 Å². The molecule has 0 N–H and O–H groups in total. The van der Waals surface area contributed by atoms with Crippen LogP contribution in [0.15, 0.2) is 366 Å². The summed E-state index contributed by atoms with van der Waals surface area (Å²) in [5.74, 6) is 44.8. The predicted octanol–water partition coefficient (Wildman–Crippen LogP) is 19.2. The minimum Gasteiger partial charge on any atom is -0.255 e. The molecule has 18 heterocycles. The fraction of sp³-hybridized carbons (Fsp3) is 0. The highest BCUT2D eigenvalue weighted by atomic mass is 14.9. The van der Waals surface area contributed by atoms with Crippen LogP contribution in [0.25, 0.3) is 137 Å². The second kappa shape index (κ2) is 36.7. The molecule has 0 saturated heterocycles. The Bertz CT molecular complexity index is 6120. The van der Waals surface area contributed by atoms with Crippen LogP contribution in [-0.4, -0.2) is 89.7 Å². The summed E-state index contributed by atoms with van der Waals surface area (Å²) in [6.07, 6.45) is 20.8. The molecule has 18 aromatic heterocycles. The molecule has 0 bridgehead atoms. The zero-order chi connectivity index (χ0) is 84.4. The number of nitrogens with zero attached hydrogens (tertiary/aromatic N) is 18. The number of hydrogen-bond acceptors (Lipinski definition) is 18. The van der Waals surface area contributed by atoms with Crippen LogP contribution >= 0.6 is 0 Å². The van der Waals surface area contributed by atoms with E-state index in [9.17, 15) is 0 Å². The molecule has 0 aliphatic carbocycles. The van der Waals surface area contributed by atoms with Crippen LogP contribution in [0.3, 0.4) is 0 Å². The Hall–Kier alpha value is -18.7. The number of pyridine rings is 18. The van der Waals surface area contributed by atoms with Crippen molar-refractivity contribution >= 4 is 0 Å². The Balaban J connectivity index is 1.000. The summed E-state index contributed by atoms with van der Waals surface area (Å²) >= 11 is 0. The fourth-order valence-electron chi connectivity index (χ4n) is 13.7. The first-order chi connectivity index (χ1) is 62.4. The quantitative estimate of drug-likeness (QED) is 0.103. The summed E-state index contributed by atoms with van der Waals surface area (Å²) in [6.45, 7) is 0. The molecule has 582 valence electrons. The van der Waals surface area contributed by atoms with Crippen LogP contribution < -0.4 is 0 Å². The van der Waals surface area contributed by atoms with E-state index < -0.39 is 0 Å². The van der Waals surface area contributed by atoms with Gasteiger partial charge in [0.15, 0.2) is 0 Å². The van der Waals surface area contributed by atoms with E-state index in [1.54, 1.807) is 74.4 Å². The van der Waals surface area contributed by atoms with E-state index in [0.717, 1.165) is 0 Å². The maximum Gasteiger partial charge on any atom is 0.0906 e. The molecule has 19 aromatic rings. The molecule has 0 unspecified atom stereocenters. The summed E-state index contributed by atoms with van der Waals surface area (Å²) in [5, 5.41) is 0. The fourth-order valence-corrected chi connectivity index (χ4v) is 13.7. The standard InChI is InChI=1S/C108H60N18/c1-13-49-109-85(25-1)97-61-73(62-98(121-97)86-26-2-14-50-110-86)37-43-79-80(44-38-74-63-99(87-27-3-15-51-111-87)122-100(64-74)88-28-4-16-52-112-88)82(46-40-76-67-103(91-31-7-19-55-115-91)124-104(68-76)92-32-8-20-56-116-92)84(48-42-78-71-107(95-35-11-23-59-119-95)126-108(72-78)96-36-12-24-60-120-96)83(47-41-77-69-105(93-33-9-21-57-117-93)125-106(70-77)94-34-10-22-58-118-94)81(79)45-39-75-65-101(89-29-5-17-53-113-89)123-102(66-75)90-30-6-18-54-114-90/h1-36,49-72H. The third kappa shape index (κ3) is 18.1. The van der Waals surface area contributed by atoms with Crippen molar-refractivity contribution in [2.75, 3.05) is 0 Å². The van der Waals surface area contributed by atoms with E-state index in [1.807, 2.05) is 291 Å². The van der Waals surface area contributed by atoms with E-state index in [1.165, 1.54) is 0 Å². The first-order valence-corrected chi connectivity index (χ1v) is 39.9. The third-order valence-electron chi connectivity index (χ3n) is 19.6. The van der Waals surface area contributed by atoms with Crippen molar-refractivity contribution < 1.29 is 0 Å². The molecule has 19 rings (SSSR count). The molecule has 0 radical (unpaired) electrons. The van der Waals surface area contributed by atoms with Gasteiger partial charge in [-0.3, -0.25) is 59.8 Å². The predicted molar refractivity (Wildman–Crippen MR) is 487 cm³/mol. The van der Waals surface area contributed by atoms with Gasteiger partial charge in [-0.25, -0.2) is 29.9 Å². The molecular formula is C108H60N18. The Morgan fingerprint density at radius 2 is 0.214 bits per heavy atom. The van der Waals surface area contributed by atoms with Crippen LogP contribution in [0.4, 0.5) is 0 Å². The monoisotopic (exact) mass is 1610 g/mol. The molecule has 18 heteroatoms. The van der Waals surface area contributed by atoms with Crippen LogP contribution in [0.2, 0.25) is 0 Å². The Morgan fingerprint density at radius 3 is 0.302 bits per heavy atom. The van der Waals surface area contributed by atoms with Gasteiger partial charge in [0.05, 0.1) is 170 Å². The second-order valence-electron chi connectivity index (χ2n) is 28.1. The highest BCUT2D eigenvalue weighted by Gasteiger charge is 2.23. The summed E-state index contributed by atoms with van der Waals surface area (Å²) in [5.41, 5.74) is 18.7. The summed E-state index contributed by atoms with van der Waals surface area (Å²) in [7, 11) is 0. The molecular weight excluding hydrogens is 1550 g/mol. The third-order valence-corrected chi connectivity index (χ3v) is 19.6. The lowest BCUT2D eigenvalue weighted by molar-refractivity contribution is 1.21. The number of aromatic nitrogens is 18. The van der Waals surface area contributed by atoms with Gasteiger partial charge < -0.3 is 0 Å². The molecule has 1 aromatic carbocycles. The zero-order valence-electron chi connectivity index (χ0n) is 66.7. The van der Waals surface area contributed by atoms with Gasteiger partial charge in [0.2, 0.25) is 0 Å². The molecule has 126 heavy (non-hydrogen) atoms. The summed E-state index contributed by atoms with van der Waals surface area (Å²) in [6, 6.07) is 91.0. The largest absolute Gasteiger partial charge is 0.255 e. The molecule has 0 atom stereocenters. The van der Waals surface area contributed by atoms with Gasteiger partial charge >= 0.3 is 0 Å². The zero-order valence-corrected chi connectivity index (χ0v) is 66.7. The van der Waals surface area contributed by atoms with E-state index in [2.05, 4.69) is 71.0 Å². The van der Waals surface area contributed by atoms with Gasteiger partial charge in [-0.1, -0.05) is 144 Å². The lowest BCUT2D eigenvalue weighted by Crippen LogP contribution is -2.05. The SMILES string of the molecule is C(#Cc1c(C#Cc2cc(-c3ccccn3)nc(-c3ccccn3)c2)c(C#Cc2cc(-c3ccccn3)nc(-c3ccccn3)c2)c(C#Cc2cc(-c3ccccn3)nc(-c3ccccn3)c2)c(C#Cc2cc(-c3ccccn3)nc(-c3ccccn3)c2)c1C#Cc1cc(-c2ccccn2)nc(-c2ccccn2)c1)c1cc(-c2ccccn2)nc(-c2ccccn2)c1. The smallest absolute Gasteiger partial charge is 0.0906 e. The van der Waals surface area contributed by atoms with Crippen LogP contribution in [-0.2, 0) is 0 Å². The highest BCUT2D eigenvalue weighted by molar-refractivity contribution is 5.82. The van der Waals surface area contributed by atoms with Gasteiger partial charge in [-0.15, -0.1) is 0 Å². The summed E-state index contributed by atoms with van der Waals surface area (Å²) in [4.78, 5) is 88.8. The second-order valence-corrected chi connectivity index (χ2v) is 28.1. The molecule has 0 spiro atoms. The van der Waals surface area contributed by atoms with Gasteiger partial charge in [0.25, 0.3) is 0 Å². The van der Waals surface area contributed by atoms with E-state index in [-0.39, 0.29) is 0 Å². The van der Waals surface area contributed by atoms with Crippen LogP contribution in [0.5, 0.6) is 0 Å². The molecule has 0 aliphatic heterocycles. The van der Waals surface area contributed by atoms with Crippen LogP contribution in [0.1, 0.15) is 66.8 Å². The summed E-state index contributed by atoms with van der Waals surface area (Å²) < 4.78 is 0. The van der Waals surface area contributed by atoms with Crippen molar-refractivity contribution in [1.82, 2.24) is 89.7 Å². The number of benzene rings is 1. The van der Waals surface area contributed by atoms with E-state index in [4.69, 9.17) is 89.7 Å². The van der Waals surface area contributed by atoms with Crippen molar-refractivity contribution in [3.05, 3.63) is 432 Å². The molecule has 18 nitrogen and oxygen atoms in total. The molecule has 0 fully saturated rings. The van der Waals surface area contributed by atoms with Gasteiger partial charge in [0, 0.05) is 108 Å². The van der Waals surface area contributed by atoms with Crippen molar-refractivity contribution in [3.63, 3.8) is 0 Å². The van der Waals surface area contributed by atoms with Crippen LogP contribution in [0, 0.1) is 71.0 Å². The lowest BCUT2D eigenvalue weighted by Gasteiger charge is -2.13. The first-order valence-electron chi connectivity index (χ1n) is 39.9. The Labute approximate surface area is 725 Å². The minimum absolute atomic E-state index is 0.299. The lowest BCUT2D eigenvalue weighted by atomic mass is 9.86. The van der Waals surface area contributed by atoms with Crippen molar-refractivity contribution in [2.45, 2.75) is 0 Å². The molecule has 0 aliphatic rings. The maximum atomic E-state index is 5.19. The van der Waals surface area contributed by atoms with E-state index in [0.29, 0.717) is 203 Å². The van der Waals surface area contributed by atoms with Crippen molar-refractivity contribution in [2.24, 2.45) is 0 Å². The Kier molecular flexibility index (Phi) is 22.5. The molecule has 0 saturated carbocycles. The Morgan fingerprint density at radius 1 is 0.111 bits per heavy atom. The maximum absolute atomic E-state index is 5.19. The highest BCUT2D eigenvalue weighted by Crippen LogP contribution is 2.34. The number of hydrogen-bond donors (Lipinski definition) is 0. The van der Waals surface area contributed by atoms with Crippen molar-refractivity contribution in [1.29, 1.82) is 0 Å².